The molecule has 3 heteroatoms. The summed E-state index contributed by atoms with van der Waals surface area (Å²) in [5.74, 6) is 0. The number of nitrogens with zero attached hydrogens (tertiary/aromatic N) is 1. The lowest BCUT2D eigenvalue weighted by molar-refractivity contribution is 1.54. The number of allylic oxidation sites excluding steroid dienone is 1. The van der Waals surface area contributed by atoms with E-state index in [-0.39, 0.29) is 0 Å². The van der Waals surface area contributed by atoms with Gasteiger partial charge in [0.15, 0.2) is 0 Å². The molecular weight excluding hydrogens is 250 g/mol. The number of aliphatic imine (C=N–C) groups is 1. The summed E-state index contributed by atoms with van der Waals surface area (Å²) >= 11 is 7.74. The standard InChI is InChI=1S/C14H12ClNS/c1-11(14-7-4-8-17-14)9-16-10-12-5-2-3-6-13(12)15/h2-10H,1H3. The zero-order chi connectivity index (χ0) is 12.1. The number of thiophene rings is 1. The van der Waals surface area contributed by atoms with E-state index >= 15 is 0 Å². The Morgan fingerprint density at radius 1 is 1.24 bits per heavy atom. The minimum absolute atomic E-state index is 0.721. The van der Waals surface area contributed by atoms with E-state index in [1.165, 1.54) is 4.88 Å². The monoisotopic (exact) mass is 261 g/mol. The molecule has 0 aliphatic carbocycles. The molecular formula is C14H12ClNS. The molecule has 0 bridgehead atoms. The molecule has 86 valence electrons. The van der Waals surface area contributed by atoms with Crippen molar-refractivity contribution in [3.8, 4) is 0 Å². The maximum Gasteiger partial charge on any atom is 0.0493 e. The molecule has 0 radical (unpaired) electrons. The number of hydrogen-bond acceptors (Lipinski definition) is 2. The fourth-order valence-electron chi connectivity index (χ4n) is 1.38. The fraction of sp³-hybridized carbons (Fsp3) is 0.0714. The molecule has 2 aromatic rings. The van der Waals surface area contributed by atoms with E-state index < -0.39 is 0 Å². The summed E-state index contributed by atoms with van der Waals surface area (Å²) in [5.41, 5.74) is 2.09. The zero-order valence-electron chi connectivity index (χ0n) is 9.43. The topological polar surface area (TPSA) is 12.4 Å². The summed E-state index contributed by atoms with van der Waals surface area (Å²) in [6, 6.07) is 11.8. The molecule has 0 aliphatic heterocycles. The van der Waals surface area contributed by atoms with E-state index in [9.17, 15) is 0 Å². The first-order chi connectivity index (χ1) is 8.27. The van der Waals surface area contributed by atoms with Gasteiger partial charge in [0.05, 0.1) is 0 Å². The third kappa shape index (κ3) is 3.29. The van der Waals surface area contributed by atoms with Gasteiger partial charge in [-0.3, -0.25) is 4.99 Å². The molecule has 0 N–H and O–H groups in total. The van der Waals surface area contributed by atoms with Crippen LogP contribution in [0.2, 0.25) is 5.02 Å². The molecule has 1 heterocycles. The van der Waals surface area contributed by atoms with E-state index in [1.807, 2.05) is 36.5 Å². The Morgan fingerprint density at radius 2 is 2.06 bits per heavy atom. The lowest BCUT2D eigenvalue weighted by Crippen LogP contribution is -1.81. The van der Waals surface area contributed by atoms with Gasteiger partial charge in [-0.2, -0.15) is 0 Å². The van der Waals surface area contributed by atoms with Crippen LogP contribution >= 0.6 is 22.9 Å². The van der Waals surface area contributed by atoms with Crippen molar-refractivity contribution in [2.45, 2.75) is 6.92 Å². The molecule has 17 heavy (non-hydrogen) atoms. The predicted octanol–water partition coefficient (Wildman–Crippen LogP) is 4.88. The minimum Gasteiger partial charge on any atom is -0.264 e. The summed E-state index contributed by atoms with van der Waals surface area (Å²) in [6.45, 7) is 2.05. The van der Waals surface area contributed by atoms with Crippen molar-refractivity contribution < 1.29 is 0 Å². The Bertz CT molecular complexity index is 541. The van der Waals surface area contributed by atoms with Crippen LogP contribution in [-0.2, 0) is 0 Å². The van der Waals surface area contributed by atoms with Gasteiger partial charge in [-0.05, 0) is 30.0 Å². The minimum atomic E-state index is 0.721. The fourth-order valence-corrected chi connectivity index (χ4v) is 2.26. The highest BCUT2D eigenvalue weighted by Crippen LogP contribution is 2.19. The van der Waals surface area contributed by atoms with Crippen LogP contribution in [0.3, 0.4) is 0 Å². The van der Waals surface area contributed by atoms with Gasteiger partial charge in [-0.15, -0.1) is 11.3 Å². The third-order valence-corrected chi connectivity index (χ3v) is 3.65. The Balaban J connectivity index is 2.13. The van der Waals surface area contributed by atoms with Crippen LogP contribution in [0.15, 0.2) is 53.0 Å². The highest BCUT2D eigenvalue weighted by Gasteiger charge is 1.95. The highest BCUT2D eigenvalue weighted by molar-refractivity contribution is 7.11. The zero-order valence-corrected chi connectivity index (χ0v) is 11.0. The molecule has 1 aromatic heterocycles. The van der Waals surface area contributed by atoms with Gasteiger partial charge in [0.25, 0.3) is 0 Å². The second-order valence-corrected chi connectivity index (χ2v) is 4.94. The van der Waals surface area contributed by atoms with Gasteiger partial charge in [-0.1, -0.05) is 35.9 Å². The summed E-state index contributed by atoms with van der Waals surface area (Å²) < 4.78 is 0. The van der Waals surface area contributed by atoms with Crippen LogP contribution in [0.1, 0.15) is 17.4 Å². The summed E-state index contributed by atoms with van der Waals surface area (Å²) in [6.07, 6.45) is 3.63. The average molecular weight is 262 g/mol. The first-order valence-electron chi connectivity index (χ1n) is 5.26. The van der Waals surface area contributed by atoms with E-state index in [2.05, 4.69) is 23.4 Å². The Labute approximate surface area is 110 Å². The molecule has 1 aromatic carbocycles. The molecule has 0 aliphatic rings. The lowest BCUT2D eigenvalue weighted by atomic mass is 10.2. The number of rotatable bonds is 3. The Kier molecular flexibility index (Phi) is 4.13. The average Bonchev–Trinajstić information content (AvgIpc) is 2.85. The van der Waals surface area contributed by atoms with Crippen LogP contribution in [0, 0.1) is 0 Å². The van der Waals surface area contributed by atoms with Crippen molar-refractivity contribution in [2.75, 3.05) is 0 Å². The van der Waals surface area contributed by atoms with Crippen molar-refractivity contribution in [1.82, 2.24) is 0 Å². The first kappa shape index (κ1) is 12.1. The largest absolute Gasteiger partial charge is 0.264 e. The quantitative estimate of drug-likeness (QED) is 0.698. The van der Waals surface area contributed by atoms with Gasteiger partial charge in [0.2, 0.25) is 0 Å². The van der Waals surface area contributed by atoms with E-state index in [1.54, 1.807) is 17.6 Å². The Hall–Kier alpha value is -1.38. The van der Waals surface area contributed by atoms with Crippen LogP contribution in [0.4, 0.5) is 0 Å². The smallest absolute Gasteiger partial charge is 0.0493 e. The van der Waals surface area contributed by atoms with Gasteiger partial charge in [0.1, 0.15) is 0 Å². The summed E-state index contributed by atoms with van der Waals surface area (Å²) in [5, 5.41) is 2.78. The molecule has 0 atom stereocenters. The van der Waals surface area contributed by atoms with Crippen LogP contribution in [0.5, 0.6) is 0 Å². The maximum absolute atomic E-state index is 6.03. The van der Waals surface area contributed by atoms with Crippen molar-refractivity contribution in [1.29, 1.82) is 0 Å². The van der Waals surface area contributed by atoms with E-state index in [0.29, 0.717) is 0 Å². The highest BCUT2D eigenvalue weighted by atomic mass is 35.5. The van der Waals surface area contributed by atoms with Crippen LogP contribution < -0.4 is 0 Å². The van der Waals surface area contributed by atoms with E-state index in [4.69, 9.17) is 11.6 Å². The molecule has 0 saturated carbocycles. The maximum atomic E-state index is 6.03. The van der Waals surface area contributed by atoms with Crippen LogP contribution in [-0.4, -0.2) is 6.21 Å². The van der Waals surface area contributed by atoms with Crippen molar-refractivity contribution >= 4 is 34.7 Å². The second kappa shape index (κ2) is 5.80. The third-order valence-electron chi connectivity index (χ3n) is 2.30. The summed E-state index contributed by atoms with van der Waals surface area (Å²) in [7, 11) is 0. The second-order valence-electron chi connectivity index (χ2n) is 3.59. The number of benzene rings is 1. The normalized spacial score (nSPS) is 12.2. The molecule has 0 unspecified atom stereocenters. The Morgan fingerprint density at radius 3 is 2.76 bits per heavy atom. The van der Waals surface area contributed by atoms with E-state index in [0.717, 1.165) is 16.2 Å². The predicted molar refractivity (Wildman–Crippen MR) is 77.0 cm³/mol. The van der Waals surface area contributed by atoms with Crippen LogP contribution in [0.25, 0.3) is 5.57 Å². The SMILES string of the molecule is CC(=CN=Cc1ccccc1Cl)c1cccs1. The van der Waals surface area contributed by atoms with Gasteiger partial charge in [0, 0.05) is 27.9 Å². The molecule has 0 saturated heterocycles. The number of hydrogen-bond donors (Lipinski definition) is 0. The first-order valence-corrected chi connectivity index (χ1v) is 6.51. The molecule has 2 rings (SSSR count). The van der Waals surface area contributed by atoms with Crippen molar-refractivity contribution in [3.05, 3.63) is 63.4 Å². The molecule has 1 nitrogen and oxygen atoms in total. The summed E-state index contributed by atoms with van der Waals surface area (Å²) in [4.78, 5) is 5.53. The molecule has 0 fully saturated rings. The molecule has 0 spiro atoms. The lowest BCUT2D eigenvalue weighted by Gasteiger charge is -1.95. The van der Waals surface area contributed by atoms with Crippen molar-refractivity contribution in [2.24, 2.45) is 4.99 Å². The van der Waals surface area contributed by atoms with Gasteiger partial charge in [-0.25, -0.2) is 0 Å². The van der Waals surface area contributed by atoms with Crippen molar-refractivity contribution in [3.63, 3.8) is 0 Å². The van der Waals surface area contributed by atoms with Gasteiger partial charge < -0.3 is 0 Å². The van der Waals surface area contributed by atoms with Gasteiger partial charge >= 0.3 is 0 Å². The molecule has 0 amide bonds. The number of halogens is 1.